The van der Waals surface area contributed by atoms with Crippen LogP contribution in [0.2, 0.25) is 0 Å². The zero-order valence-electron chi connectivity index (χ0n) is 15.2. The lowest BCUT2D eigenvalue weighted by Gasteiger charge is -2.17. The number of anilines is 1. The smallest absolute Gasteiger partial charge is 0.234 e. The second-order valence-corrected chi connectivity index (χ2v) is 7.50. The lowest BCUT2D eigenvalue weighted by Crippen LogP contribution is -2.31. The van der Waals surface area contributed by atoms with Gasteiger partial charge in [-0.05, 0) is 26.0 Å². The van der Waals surface area contributed by atoms with Crippen LogP contribution in [0.4, 0.5) is 5.69 Å². The zero-order valence-corrected chi connectivity index (χ0v) is 16.8. The van der Waals surface area contributed by atoms with E-state index < -0.39 is 0 Å². The van der Waals surface area contributed by atoms with Crippen LogP contribution < -0.4 is 10.1 Å². The van der Waals surface area contributed by atoms with Crippen molar-refractivity contribution < 1.29 is 14.3 Å². The van der Waals surface area contributed by atoms with Gasteiger partial charge in [0.25, 0.3) is 0 Å². The van der Waals surface area contributed by atoms with Crippen LogP contribution in [0.5, 0.6) is 5.75 Å². The van der Waals surface area contributed by atoms with E-state index >= 15 is 0 Å². The summed E-state index contributed by atoms with van der Waals surface area (Å²) in [7, 11) is 1.59. The summed E-state index contributed by atoms with van der Waals surface area (Å²) in [5.74, 6) is 0.915. The Kier molecular flexibility index (Phi) is 7.93. The molecule has 1 heterocycles. The molecule has 0 saturated carbocycles. The molecule has 0 aliphatic heterocycles. The summed E-state index contributed by atoms with van der Waals surface area (Å²) in [5, 5.41) is 4.71. The fourth-order valence-electron chi connectivity index (χ4n) is 2.30. The van der Waals surface area contributed by atoms with Gasteiger partial charge in [-0.3, -0.25) is 9.59 Å². The molecule has 0 unspecified atom stereocenters. The maximum atomic E-state index is 12.1. The molecule has 0 atom stereocenters. The quantitative estimate of drug-likeness (QED) is 0.662. The van der Waals surface area contributed by atoms with Gasteiger partial charge in [0, 0.05) is 30.2 Å². The van der Waals surface area contributed by atoms with E-state index in [1.807, 2.05) is 37.4 Å². The molecule has 0 aliphatic rings. The van der Waals surface area contributed by atoms with Gasteiger partial charge in [0.1, 0.15) is 5.75 Å². The van der Waals surface area contributed by atoms with Gasteiger partial charge >= 0.3 is 0 Å². The van der Waals surface area contributed by atoms with Crippen LogP contribution in [0.1, 0.15) is 19.5 Å². The fraction of sp³-hybridized carbons (Fsp3) is 0.389. The number of thiazole rings is 1. The molecular formula is C18H23N3O3S2. The van der Waals surface area contributed by atoms with Gasteiger partial charge in [0.15, 0.2) is 4.34 Å². The topological polar surface area (TPSA) is 71.5 Å². The van der Waals surface area contributed by atoms with E-state index in [2.05, 4.69) is 10.3 Å². The Hall–Kier alpha value is -2.06. The third-order valence-corrected chi connectivity index (χ3v) is 5.73. The number of likely N-dealkylation sites (N-methyl/N-ethyl adjacent to an activating group) is 1. The first-order valence-corrected chi connectivity index (χ1v) is 10.2. The standard InChI is InChI=1S/C18H23N3O3S2/c1-4-21(5-2)17(23)10-14-11-25-18(20-14)26-12-16(22)19-13-7-6-8-15(9-13)24-3/h6-9,11H,4-5,10,12H2,1-3H3,(H,19,22). The second kappa shape index (κ2) is 10.2. The van der Waals surface area contributed by atoms with Crippen LogP contribution in [0.3, 0.4) is 0 Å². The van der Waals surface area contributed by atoms with Crippen molar-refractivity contribution in [3.8, 4) is 5.75 Å². The average Bonchev–Trinajstić information content (AvgIpc) is 3.08. The molecule has 0 spiro atoms. The number of amides is 2. The number of hydrogen-bond acceptors (Lipinski definition) is 6. The van der Waals surface area contributed by atoms with Crippen LogP contribution in [-0.4, -0.2) is 47.7 Å². The van der Waals surface area contributed by atoms with E-state index in [0.717, 1.165) is 10.0 Å². The monoisotopic (exact) mass is 393 g/mol. The SMILES string of the molecule is CCN(CC)C(=O)Cc1csc(SCC(=O)Nc2cccc(OC)c2)n1. The molecule has 8 heteroatoms. The molecule has 0 bridgehead atoms. The van der Waals surface area contributed by atoms with E-state index in [9.17, 15) is 9.59 Å². The largest absolute Gasteiger partial charge is 0.497 e. The van der Waals surface area contributed by atoms with Gasteiger partial charge in [-0.2, -0.15) is 0 Å². The molecule has 0 aliphatic carbocycles. The number of carbonyl (C=O) groups is 2. The van der Waals surface area contributed by atoms with Crippen LogP contribution in [0.15, 0.2) is 34.0 Å². The number of ether oxygens (including phenoxy) is 1. The number of benzene rings is 1. The molecule has 0 saturated heterocycles. The predicted octanol–water partition coefficient (Wildman–Crippen LogP) is 3.29. The van der Waals surface area contributed by atoms with Gasteiger partial charge in [0.05, 0.1) is 25.0 Å². The molecule has 1 N–H and O–H groups in total. The fourth-order valence-corrected chi connectivity index (χ4v) is 3.95. The minimum atomic E-state index is -0.112. The summed E-state index contributed by atoms with van der Waals surface area (Å²) >= 11 is 2.82. The van der Waals surface area contributed by atoms with Gasteiger partial charge in [-0.1, -0.05) is 17.8 Å². The van der Waals surface area contributed by atoms with E-state index in [0.29, 0.717) is 30.9 Å². The number of thioether (sulfide) groups is 1. The number of rotatable bonds is 9. The van der Waals surface area contributed by atoms with Crippen molar-refractivity contribution >= 4 is 40.6 Å². The predicted molar refractivity (Wildman–Crippen MR) is 106 cm³/mol. The lowest BCUT2D eigenvalue weighted by atomic mass is 10.3. The van der Waals surface area contributed by atoms with Crippen molar-refractivity contribution in [1.29, 1.82) is 0 Å². The first kappa shape index (κ1) is 20.3. The number of methoxy groups -OCH3 is 1. The third kappa shape index (κ3) is 6.03. The Balaban J connectivity index is 1.83. The molecule has 2 aromatic rings. The maximum Gasteiger partial charge on any atom is 0.234 e. The Morgan fingerprint density at radius 1 is 1.31 bits per heavy atom. The van der Waals surface area contributed by atoms with Gasteiger partial charge < -0.3 is 15.0 Å². The summed E-state index contributed by atoms with van der Waals surface area (Å²) in [4.78, 5) is 30.4. The van der Waals surface area contributed by atoms with Crippen LogP contribution in [-0.2, 0) is 16.0 Å². The highest BCUT2D eigenvalue weighted by atomic mass is 32.2. The molecule has 2 amide bonds. The lowest BCUT2D eigenvalue weighted by molar-refractivity contribution is -0.130. The third-order valence-electron chi connectivity index (χ3n) is 3.66. The first-order chi connectivity index (χ1) is 12.5. The maximum absolute atomic E-state index is 12.1. The molecule has 2 rings (SSSR count). The highest BCUT2D eigenvalue weighted by Gasteiger charge is 2.13. The van der Waals surface area contributed by atoms with Crippen molar-refractivity contribution in [1.82, 2.24) is 9.88 Å². The zero-order chi connectivity index (χ0) is 18.9. The highest BCUT2D eigenvalue weighted by molar-refractivity contribution is 8.01. The summed E-state index contributed by atoms with van der Waals surface area (Å²) in [6, 6.07) is 7.22. The number of carbonyl (C=O) groups excluding carboxylic acids is 2. The average molecular weight is 394 g/mol. The molecule has 1 aromatic heterocycles. The summed E-state index contributed by atoms with van der Waals surface area (Å²) in [6.45, 7) is 5.33. The highest BCUT2D eigenvalue weighted by Crippen LogP contribution is 2.24. The Labute approximate surface area is 162 Å². The van der Waals surface area contributed by atoms with E-state index in [4.69, 9.17) is 4.74 Å². The molecule has 1 aromatic carbocycles. The van der Waals surface area contributed by atoms with Crippen molar-refractivity contribution in [2.45, 2.75) is 24.6 Å². The van der Waals surface area contributed by atoms with Crippen molar-refractivity contribution in [2.24, 2.45) is 0 Å². The van der Waals surface area contributed by atoms with Crippen LogP contribution in [0.25, 0.3) is 0 Å². The number of aromatic nitrogens is 1. The van der Waals surface area contributed by atoms with Crippen molar-refractivity contribution in [2.75, 3.05) is 31.3 Å². The first-order valence-electron chi connectivity index (χ1n) is 8.34. The molecule has 0 radical (unpaired) electrons. The number of hydrogen-bond donors (Lipinski definition) is 1. The van der Waals surface area contributed by atoms with Gasteiger partial charge in [-0.15, -0.1) is 11.3 Å². The molecule has 26 heavy (non-hydrogen) atoms. The Bertz CT molecular complexity index is 745. The van der Waals surface area contributed by atoms with Crippen LogP contribution in [0, 0.1) is 0 Å². The Morgan fingerprint density at radius 3 is 2.77 bits per heavy atom. The minimum absolute atomic E-state index is 0.0765. The minimum Gasteiger partial charge on any atom is -0.497 e. The molecular weight excluding hydrogens is 370 g/mol. The summed E-state index contributed by atoms with van der Waals surface area (Å²) in [5.41, 5.74) is 1.45. The van der Waals surface area contributed by atoms with E-state index in [-0.39, 0.29) is 17.6 Å². The molecule has 0 fully saturated rings. The summed E-state index contributed by atoms with van der Waals surface area (Å²) in [6.07, 6.45) is 0.300. The van der Waals surface area contributed by atoms with E-state index in [1.165, 1.54) is 23.1 Å². The second-order valence-electron chi connectivity index (χ2n) is 5.42. The summed E-state index contributed by atoms with van der Waals surface area (Å²) < 4.78 is 5.92. The van der Waals surface area contributed by atoms with Crippen molar-refractivity contribution in [3.63, 3.8) is 0 Å². The van der Waals surface area contributed by atoms with E-state index in [1.54, 1.807) is 18.1 Å². The molecule has 140 valence electrons. The van der Waals surface area contributed by atoms with Crippen molar-refractivity contribution in [3.05, 3.63) is 35.3 Å². The van der Waals surface area contributed by atoms with Gasteiger partial charge in [0.2, 0.25) is 11.8 Å². The van der Waals surface area contributed by atoms with Gasteiger partial charge in [-0.25, -0.2) is 4.98 Å². The molecule has 6 nitrogen and oxygen atoms in total. The normalized spacial score (nSPS) is 10.4. The van der Waals surface area contributed by atoms with Crippen LogP contribution >= 0.6 is 23.1 Å². The number of nitrogens with one attached hydrogen (secondary N) is 1. The number of nitrogens with zero attached hydrogens (tertiary/aromatic N) is 2. The Morgan fingerprint density at radius 2 is 2.08 bits per heavy atom.